The van der Waals surface area contributed by atoms with Crippen LogP contribution in [-0.2, 0) is 6.42 Å². The first-order valence-electron chi connectivity index (χ1n) is 7.31. The van der Waals surface area contributed by atoms with Gasteiger partial charge in [0.1, 0.15) is 0 Å². The lowest BCUT2D eigenvalue weighted by molar-refractivity contribution is 0.746. The van der Waals surface area contributed by atoms with Crippen molar-refractivity contribution in [3.05, 3.63) is 40.5 Å². The van der Waals surface area contributed by atoms with Crippen LogP contribution < -0.4 is 0 Å². The molecule has 0 N–H and O–H groups in total. The van der Waals surface area contributed by atoms with Crippen LogP contribution in [0.5, 0.6) is 0 Å². The summed E-state index contributed by atoms with van der Waals surface area (Å²) >= 11 is 4.84. The maximum atomic E-state index is 4.84. The standard InChI is InChI=1S/C18H22S/c1-4-13-10-16-11(2)5-8-15(16)18(19)17(13)9-12(3)14-6-7-14/h4,9-11,14,19H,1,5-8H2,2-3H3/b12-9+. The van der Waals surface area contributed by atoms with Crippen molar-refractivity contribution in [3.63, 3.8) is 0 Å². The average molecular weight is 270 g/mol. The van der Waals surface area contributed by atoms with E-state index < -0.39 is 0 Å². The molecule has 0 nitrogen and oxygen atoms in total. The molecule has 0 aliphatic heterocycles. The molecule has 2 aliphatic carbocycles. The summed E-state index contributed by atoms with van der Waals surface area (Å²) in [7, 11) is 0. The minimum Gasteiger partial charge on any atom is -0.142 e. The van der Waals surface area contributed by atoms with Crippen molar-refractivity contribution < 1.29 is 0 Å². The molecule has 1 atom stereocenters. The van der Waals surface area contributed by atoms with Crippen LogP contribution in [0.3, 0.4) is 0 Å². The van der Waals surface area contributed by atoms with Crippen LogP contribution in [-0.4, -0.2) is 0 Å². The Balaban J connectivity index is 2.13. The largest absolute Gasteiger partial charge is 0.142 e. The van der Waals surface area contributed by atoms with Crippen LogP contribution in [0.15, 0.2) is 23.1 Å². The third-order valence-corrected chi connectivity index (χ3v) is 5.19. The Bertz CT molecular complexity index is 562. The highest BCUT2D eigenvalue weighted by atomic mass is 32.1. The van der Waals surface area contributed by atoms with Crippen molar-refractivity contribution in [2.45, 2.75) is 50.3 Å². The number of allylic oxidation sites excluding steroid dienone is 1. The Kier molecular flexibility index (Phi) is 3.34. The third kappa shape index (κ3) is 2.29. The van der Waals surface area contributed by atoms with Gasteiger partial charge in [0.25, 0.3) is 0 Å². The van der Waals surface area contributed by atoms with E-state index in [1.165, 1.54) is 58.4 Å². The first-order valence-corrected chi connectivity index (χ1v) is 7.76. The Morgan fingerprint density at radius 3 is 2.74 bits per heavy atom. The lowest BCUT2D eigenvalue weighted by Crippen LogP contribution is -1.95. The lowest BCUT2D eigenvalue weighted by Gasteiger charge is -2.14. The van der Waals surface area contributed by atoms with Gasteiger partial charge in [0.05, 0.1) is 0 Å². The Morgan fingerprint density at radius 2 is 2.11 bits per heavy atom. The molecule has 0 spiro atoms. The summed E-state index contributed by atoms with van der Waals surface area (Å²) in [6, 6.07) is 2.34. The number of hydrogen-bond donors (Lipinski definition) is 1. The Morgan fingerprint density at radius 1 is 1.37 bits per heavy atom. The van der Waals surface area contributed by atoms with Gasteiger partial charge in [0.15, 0.2) is 0 Å². The first-order chi connectivity index (χ1) is 9.11. The average Bonchev–Trinajstić information content (AvgIpc) is 3.18. The molecule has 0 aromatic heterocycles. The van der Waals surface area contributed by atoms with Crippen LogP contribution in [0.4, 0.5) is 0 Å². The van der Waals surface area contributed by atoms with Crippen LogP contribution in [0, 0.1) is 5.92 Å². The van der Waals surface area contributed by atoms with E-state index in [9.17, 15) is 0 Å². The zero-order chi connectivity index (χ0) is 13.6. The molecule has 2 aliphatic rings. The predicted molar refractivity (Wildman–Crippen MR) is 86.9 cm³/mol. The van der Waals surface area contributed by atoms with Crippen molar-refractivity contribution in [1.29, 1.82) is 0 Å². The van der Waals surface area contributed by atoms with Crippen LogP contribution >= 0.6 is 12.6 Å². The van der Waals surface area contributed by atoms with Crippen LogP contribution in [0.1, 0.15) is 61.3 Å². The fourth-order valence-electron chi connectivity index (χ4n) is 3.19. The summed E-state index contributed by atoms with van der Waals surface area (Å²) in [6.45, 7) is 8.56. The number of hydrogen-bond acceptors (Lipinski definition) is 1. The summed E-state index contributed by atoms with van der Waals surface area (Å²) in [5, 5.41) is 0. The van der Waals surface area contributed by atoms with Crippen LogP contribution in [0.2, 0.25) is 0 Å². The van der Waals surface area contributed by atoms with E-state index in [1.807, 2.05) is 6.08 Å². The summed E-state index contributed by atoms with van der Waals surface area (Å²) < 4.78 is 0. The molecule has 1 heteroatoms. The number of rotatable bonds is 3. The zero-order valence-electron chi connectivity index (χ0n) is 11.9. The second-order valence-electron chi connectivity index (χ2n) is 6.10. The van der Waals surface area contributed by atoms with Gasteiger partial charge in [-0.2, -0.15) is 0 Å². The molecular formula is C18H22S. The van der Waals surface area contributed by atoms with E-state index in [2.05, 4.69) is 32.6 Å². The van der Waals surface area contributed by atoms with Crippen molar-refractivity contribution in [3.8, 4) is 0 Å². The van der Waals surface area contributed by atoms with Gasteiger partial charge >= 0.3 is 0 Å². The van der Waals surface area contributed by atoms with Gasteiger partial charge in [-0.1, -0.05) is 37.3 Å². The molecule has 1 aromatic carbocycles. The molecule has 0 heterocycles. The van der Waals surface area contributed by atoms with Gasteiger partial charge in [-0.05, 0) is 66.7 Å². The van der Waals surface area contributed by atoms with Gasteiger partial charge in [-0.3, -0.25) is 0 Å². The molecule has 0 radical (unpaired) electrons. The SMILES string of the molecule is C=Cc1cc2c(c(S)c1/C=C(\C)C1CC1)CCC2C. The summed E-state index contributed by atoms with van der Waals surface area (Å²) in [6.07, 6.45) is 9.48. The number of thiol groups is 1. The highest BCUT2D eigenvalue weighted by molar-refractivity contribution is 7.80. The lowest BCUT2D eigenvalue weighted by atomic mass is 9.95. The van der Waals surface area contributed by atoms with Crippen molar-refractivity contribution >= 4 is 24.8 Å². The fraction of sp³-hybridized carbons (Fsp3) is 0.444. The molecule has 1 fully saturated rings. The Hall–Kier alpha value is -0.950. The molecule has 100 valence electrons. The summed E-state index contributed by atoms with van der Waals surface area (Å²) in [4.78, 5) is 1.19. The van der Waals surface area contributed by atoms with E-state index in [0.29, 0.717) is 5.92 Å². The zero-order valence-corrected chi connectivity index (χ0v) is 12.8. The van der Waals surface area contributed by atoms with Crippen molar-refractivity contribution in [1.82, 2.24) is 0 Å². The maximum Gasteiger partial charge on any atom is 0.0154 e. The Labute approximate surface area is 122 Å². The molecule has 0 saturated heterocycles. The van der Waals surface area contributed by atoms with Crippen molar-refractivity contribution in [2.75, 3.05) is 0 Å². The molecule has 1 unspecified atom stereocenters. The highest BCUT2D eigenvalue weighted by Gasteiger charge is 2.25. The molecule has 1 saturated carbocycles. The maximum absolute atomic E-state index is 4.84. The third-order valence-electron chi connectivity index (χ3n) is 4.68. The first kappa shape index (κ1) is 13.1. The minimum atomic E-state index is 0.669. The summed E-state index contributed by atoms with van der Waals surface area (Å²) in [5.74, 6) is 1.49. The normalized spacial score (nSPS) is 22.5. The molecule has 3 rings (SSSR count). The second-order valence-corrected chi connectivity index (χ2v) is 6.55. The smallest absolute Gasteiger partial charge is 0.0154 e. The van der Waals surface area contributed by atoms with E-state index in [0.717, 1.165) is 5.92 Å². The van der Waals surface area contributed by atoms with Crippen LogP contribution in [0.25, 0.3) is 12.2 Å². The molecule has 0 amide bonds. The van der Waals surface area contributed by atoms with E-state index in [-0.39, 0.29) is 0 Å². The molecular weight excluding hydrogens is 248 g/mol. The van der Waals surface area contributed by atoms with Crippen molar-refractivity contribution in [2.24, 2.45) is 5.92 Å². The summed E-state index contributed by atoms with van der Waals surface area (Å²) in [5.41, 5.74) is 7.00. The van der Waals surface area contributed by atoms with Gasteiger partial charge in [-0.15, -0.1) is 12.6 Å². The fourth-order valence-corrected chi connectivity index (χ4v) is 3.63. The minimum absolute atomic E-state index is 0.669. The predicted octanol–water partition coefficient (Wildman–Crippen LogP) is 5.48. The van der Waals surface area contributed by atoms with Gasteiger partial charge in [0.2, 0.25) is 0 Å². The van der Waals surface area contributed by atoms with Gasteiger partial charge in [-0.25, -0.2) is 0 Å². The molecule has 19 heavy (non-hydrogen) atoms. The van der Waals surface area contributed by atoms with Gasteiger partial charge in [0, 0.05) is 4.90 Å². The quantitative estimate of drug-likeness (QED) is 0.691. The second kappa shape index (κ2) is 4.86. The van der Waals surface area contributed by atoms with E-state index >= 15 is 0 Å². The molecule has 1 aromatic rings. The molecule has 0 bridgehead atoms. The highest BCUT2D eigenvalue weighted by Crippen LogP contribution is 2.42. The number of fused-ring (bicyclic) bond motifs is 1. The topological polar surface area (TPSA) is 0 Å². The monoisotopic (exact) mass is 270 g/mol. The van der Waals surface area contributed by atoms with E-state index in [4.69, 9.17) is 12.6 Å². The number of benzene rings is 1. The van der Waals surface area contributed by atoms with E-state index in [1.54, 1.807) is 0 Å². The van der Waals surface area contributed by atoms with Gasteiger partial charge < -0.3 is 0 Å².